The molecule has 0 saturated heterocycles. The summed E-state index contributed by atoms with van der Waals surface area (Å²) < 4.78 is 2.37. The number of imidazole rings is 1. The number of nitrogens with zero attached hydrogens (tertiary/aromatic N) is 4. The highest BCUT2D eigenvalue weighted by molar-refractivity contribution is 5.94. The Hall–Kier alpha value is -3.28. The maximum absolute atomic E-state index is 12.7. The van der Waals surface area contributed by atoms with Crippen LogP contribution in [0.3, 0.4) is 0 Å². The van der Waals surface area contributed by atoms with Gasteiger partial charge in [-0.3, -0.25) is 4.79 Å². The molecule has 0 aliphatic heterocycles. The Morgan fingerprint density at radius 2 is 1.86 bits per heavy atom. The standard InChI is InChI=1S/C31H35N5O/c1-30-14-11-22(35-29(37)20-13-16-33-34-18-20)17-21(30)7-8-23-24-9-10-28(31(24,2)15-12-25(23)30)36-19-32-26-5-3-4-6-27(26)36/h3-7,10,13,16,18-19,22-25H,8-9,11-12,14-15,17H2,1-2H3,(H,35,37)/t22-,23-,24-,25-,30-,31-/m0/s1. The summed E-state index contributed by atoms with van der Waals surface area (Å²) in [7, 11) is 0. The number of rotatable bonds is 3. The zero-order valence-electron chi connectivity index (χ0n) is 21.7. The number of carbonyl (C=O) groups is 1. The number of hydrogen-bond donors (Lipinski definition) is 1. The summed E-state index contributed by atoms with van der Waals surface area (Å²) in [5, 5.41) is 10.9. The van der Waals surface area contributed by atoms with Crippen LogP contribution in [0.25, 0.3) is 16.7 Å². The van der Waals surface area contributed by atoms with Gasteiger partial charge in [0.15, 0.2) is 0 Å². The van der Waals surface area contributed by atoms with Crippen LogP contribution < -0.4 is 5.32 Å². The molecule has 2 aromatic heterocycles. The summed E-state index contributed by atoms with van der Waals surface area (Å²) in [6.07, 6.45) is 18.2. The maximum atomic E-state index is 12.7. The van der Waals surface area contributed by atoms with Crippen LogP contribution in [0.5, 0.6) is 0 Å². The van der Waals surface area contributed by atoms with E-state index in [1.165, 1.54) is 24.1 Å². The SMILES string of the molecule is C[C@]12CC[C@H](NC(=O)c3ccnnc3)CC1=CC[C@@H]1[C@@H]2CC[C@]2(C)C(n3cnc4ccccc43)=CC[C@@H]12. The third kappa shape index (κ3) is 3.44. The Bertz CT molecular complexity index is 1420. The molecule has 0 radical (unpaired) electrons. The van der Waals surface area contributed by atoms with E-state index in [4.69, 9.17) is 4.98 Å². The molecule has 2 fully saturated rings. The third-order valence-electron chi connectivity index (χ3n) is 10.5. The van der Waals surface area contributed by atoms with Crippen molar-refractivity contribution in [3.8, 4) is 0 Å². The van der Waals surface area contributed by atoms with Gasteiger partial charge in [-0.1, -0.05) is 43.7 Å². The zero-order valence-corrected chi connectivity index (χ0v) is 21.7. The van der Waals surface area contributed by atoms with Crippen LogP contribution in [0.4, 0.5) is 0 Å². The Balaban J connectivity index is 1.11. The second-order valence-electron chi connectivity index (χ2n) is 12.2. The lowest BCUT2D eigenvalue weighted by Gasteiger charge is -2.58. The summed E-state index contributed by atoms with van der Waals surface area (Å²) in [5.74, 6) is 2.07. The van der Waals surface area contributed by atoms with E-state index in [9.17, 15) is 4.79 Å². The average molecular weight is 494 g/mol. The molecule has 6 nitrogen and oxygen atoms in total. The van der Waals surface area contributed by atoms with E-state index in [-0.39, 0.29) is 22.8 Å². The molecule has 37 heavy (non-hydrogen) atoms. The van der Waals surface area contributed by atoms with Crippen LogP contribution in [-0.2, 0) is 0 Å². The quantitative estimate of drug-likeness (QED) is 0.452. The molecular formula is C31H35N5O. The molecule has 4 aliphatic rings. The van der Waals surface area contributed by atoms with Crippen molar-refractivity contribution >= 4 is 22.6 Å². The molecule has 0 spiro atoms. The second-order valence-corrected chi connectivity index (χ2v) is 12.2. The van der Waals surface area contributed by atoms with Crippen molar-refractivity contribution < 1.29 is 4.79 Å². The lowest BCUT2D eigenvalue weighted by Crippen LogP contribution is -2.51. The van der Waals surface area contributed by atoms with Crippen molar-refractivity contribution in [2.24, 2.45) is 28.6 Å². The van der Waals surface area contributed by atoms with Crippen molar-refractivity contribution in [1.82, 2.24) is 25.1 Å². The minimum Gasteiger partial charge on any atom is -0.349 e. The predicted molar refractivity (Wildman–Crippen MR) is 144 cm³/mol. The van der Waals surface area contributed by atoms with E-state index in [2.05, 4.69) is 70.3 Å². The summed E-state index contributed by atoms with van der Waals surface area (Å²) in [5.41, 5.74) is 6.35. The molecule has 0 bridgehead atoms. The molecule has 190 valence electrons. The van der Waals surface area contributed by atoms with Crippen molar-refractivity contribution in [3.63, 3.8) is 0 Å². The van der Waals surface area contributed by atoms with E-state index in [1.807, 2.05) is 6.33 Å². The van der Waals surface area contributed by atoms with E-state index in [0.29, 0.717) is 17.4 Å². The summed E-state index contributed by atoms with van der Waals surface area (Å²) in [6, 6.07) is 10.4. The van der Waals surface area contributed by atoms with Gasteiger partial charge in [0.1, 0.15) is 6.33 Å². The molecule has 4 aliphatic carbocycles. The average Bonchev–Trinajstić information content (AvgIpc) is 3.49. The van der Waals surface area contributed by atoms with Gasteiger partial charge in [0.25, 0.3) is 5.91 Å². The fraction of sp³-hybridized carbons (Fsp3) is 0.484. The topological polar surface area (TPSA) is 72.7 Å². The highest BCUT2D eigenvalue weighted by atomic mass is 16.1. The van der Waals surface area contributed by atoms with Gasteiger partial charge in [-0.15, -0.1) is 0 Å². The molecule has 6 heteroatoms. The van der Waals surface area contributed by atoms with Crippen molar-refractivity contribution in [1.29, 1.82) is 0 Å². The van der Waals surface area contributed by atoms with Gasteiger partial charge in [0, 0.05) is 17.2 Å². The number of para-hydroxylation sites is 2. The highest BCUT2D eigenvalue weighted by Crippen LogP contribution is 2.65. The fourth-order valence-electron chi connectivity index (χ4n) is 8.55. The van der Waals surface area contributed by atoms with Crippen LogP contribution in [0, 0.1) is 28.6 Å². The van der Waals surface area contributed by atoms with Gasteiger partial charge >= 0.3 is 0 Å². The van der Waals surface area contributed by atoms with E-state index < -0.39 is 0 Å². The van der Waals surface area contributed by atoms with Crippen LogP contribution in [0.15, 0.2) is 66.8 Å². The van der Waals surface area contributed by atoms with Gasteiger partial charge in [-0.25, -0.2) is 4.98 Å². The van der Waals surface area contributed by atoms with Gasteiger partial charge < -0.3 is 9.88 Å². The van der Waals surface area contributed by atoms with Gasteiger partial charge in [-0.05, 0) is 86.3 Å². The second kappa shape index (κ2) is 8.37. The third-order valence-corrected chi connectivity index (χ3v) is 10.5. The lowest BCUT2D eigenvalue weighted by molar-refractivity contribution is -0.0136. The molecule has 2 heterocycles. The van der Waals surface area contributed by atoms with Gasteiger partial charge in [0.2, 0.25) is 0 Å². The van der Waals surface area contributed by atoms with Crippen molar-refractivity contribution in [3.05, 3.63) is 72.3 Å². The number of carbonyl (C=O) groups excluding carboxylic acids is 1. The fourth-order valence-corrected chi connectivity index (χ4v) is 8.55. The zero-order chi connectivity index (χ0) is 25.2. The molecule has 6 atom stereocenters. The van der Waals surface area contributed by atoms with Crippen molar-refractivity contribution in [2.75, 3.05) is 0 Å². The molecule has 0 unspecified atom stereocenters. The number of nitrogens with one attached hydrogen (secondary N) is 1. The first-order valence-electron chi connectivity index (χ1n) is 13.9. The lowest BCUT2D eigenvalue weighted by atomic mass is 9.47. The Labute approximate surface area is 218 Å². The minimum atomic E-state index is -0.0391. The molecule has 3 aromatic rings. The molecule has 1 amide bonds. The number of fused-ring (bicyclic) bond motifs is 6. The van der Waals surface area contributed by atoms with Gasteiger partial charge in [-0.2, -0.15) is 10.2 Å². The normalized spacial score (nSPS) is 34.6. The molecule has 1 aromatic carbocycles. The maximum Gasteiger partial charge on any atom is 0.253 e. The van der Waals surface area contributed by atoms with Crippen LogP contribution in [0.1, 0.15) is 69.2 Å². The molecule has 2 saturated carbocycles. The first-order valence-corrected chi connectivity index (χ1v) is 13.9. The molecular weight excluding hydrogens is 458 g/mol. The van der Waals surface area contributed by atoms with E-state index in [1.54, 1.807) is 24.0 Å². The Kier molecular flexibility index (Phi) is 5.18. The first-order chi connectivity index (χ1) is 18.0. The smallest absolute Gasteiger partial charge is 0.253 e. The first kappa shape index (κ1) is 22.9. The van der Waals surface area contributed by atoms with E-state index in [0.717, 1.165) is 43.5 Å². The summed E-state index contributed by atoms with van der Waals surface area (Å²) in [4.78, 5) is 17.4. The highest BCUT2D eigenvalue weighted by Gasteiger charge is 2.57. The monoisotopic (exact) mass is 493 g/mol. The number of hydrogen-bond acceptors (Lipinski definition) is 4. The molecule has 7 rings (SSSR count). The van der Waals surface area contributed by atoms with Crippen LogP contribution in [-0.4, -0.2) is 31.7 Å². The predicted octanol–water partition coefficient (Wildman–Crippen LogP) is 6.04. The van der Waals surface area contributed by atoms with Gasteiger partial charge in [0.05, 0.1) is 29.0 Å². The summed E-state index contributed by atoms with van der Waals surface area (Å²) in [6.45, 7) is 5.04. The number of benzene rings is 1. The largest absolute Gasteiger partial charge is 0.349 e. The minimum absolute atomic E-state index is 0.0391. The summed E-state index contributed by atoms with van der Waals surface area (Å²) >= 11 is 0. The number of aromatic nitrogens is 4. The van der Waals surface area contributed by atoms with Crippen molar-refractivity contribution in [2.45, 2.75) is 64.8 Å². The van der Waals surface area contributed by atoms with Crippen LogP contribution >= 0.6 is 0 Å². The Morgan fingerprint density at radius 3 is 2.73 bits per heavy atom. The molecule has 1 N–H and O–H groups in total. The number of allylic oxidation sites excluding steroid dienone is 3. The van der Waals surface area contributed by atoms with E-state index >= 15 is 0 Å². The Morgan fingerprint density at radius 1 is 1.00 bits per heavy atom. The number of amides is 1. The van der Waals surface area contributed by atoms with Crippen LogP contribution in [0.2, 0.25) is 0 Å².